The summed E-state index contributed by atoms with van der Waals surface area (Å²) < 4.78 is 4.82. The van der Waals surface area contributed by atoms with E-state index >= 15 is 0 Å². The minimum absolute atomic E-state index is 0.0282. The predicted molar refractivity (Wildman–Crippen MR) is 79.3 cm³/mol. The number of ether oxygens (including phenoxy) is 1. The van der Waals surface area contributed by atoms with Gasteiger partial charge in [-0.15, -0.1) is 0 Å². The summed E-state index contributed by atoms with van der Waals surface area (Å²) in [6.45, 7) is 1.57. The molecule has 0 saturated heterocycles. The number of carbonyl (C=O) groups excluding carboxylic acids is 1. The molecule has 1 amide bonds. The van der Waals surface area contributed by atoms with Gasteiger partial charge in [0.25, 0.3) is 5.69 Å². The molecule has 0 aromatic heterocycles. The van der Waals surface area contributed by atoms with E-state index in [0.717, 1.165) is 0 Å². The molecule has 8 heteroatoms. The second kappa shape index (κ2) is 9.28. The van der Waals surface area contributed by atoms with Crippen LogP contribution in [0.5, 0.6) is 0 Å². The van der Waals surface area contributed by atoms with Gasteiger partial charge in [-0.1, -0.05) is 17.7 Å². The third-order valence-electron chi connectivity index (χ3n) is 2.75. The minimum atomic E-state index is -0.472. The van der Waals surface area contributed by atoms with Gasteiger partial charge >= 0.3 is 0 Å². The Balaban J connectivity index is 2.39. The van der Waals surface area contributed by atoms with E-state index in [1.807, 2.05) is 0 Å². The van der Waals surface area contributed by atoms with Gasteiger partial charge in [0.1, 0.15) is 0 Å². The van der Waals surface area contributed by atoms with E-state index in [2.05, 4.69) is 10.6 Å². The zero-order valence-corrected chi connectivity index (χ0v) is 12.5. The maximum atomic E-state index is 11.4. The molecular weight excluding hydrogens is 298 g/mol. The van der Waals surface area contributed by atoms with E-state index in [4.69, 9.17) is 16.3 Å². The highest BCUT2D eigenvalue weighted by atomic mass is 35.5. The van der Waals surface area contributed by atoms with Gasteiger partial charge in [0.05, 0.1) is 22.1 Å². The molecule has 7 nitrogen and oxygen atoms in total. The molecule has 0 aliphatic heterocycles. The number of benzene rings is 1. The Hall–Kier alpha value is -1.70. The van der Waals surface area contributed by atoms with Crippen molar-refractivity contribution in [1.29, 1.82) is 0 Å². The van der Waals surface area contributed by atoms with E-state index in [0.29, 0.717) is 30.3 Å². The number of nitro groups is 1. The number of methoxy groups -OCH3 is 1. The average Bonchev–Trinajstić information content (AvgIpc) is 2.44. The molecule has 0 aliphatic rings. The topological polar surface area (TPSA) is 93.5 Å². The summed E-state index contributed by atoms with van der Waals surface area (Å²) in [6, 6.07) is 4.54. The number of nitrogens with one attached hydrogen (secondary N) is 2. The van der Waals surface area contributed by atoms with Crippen molar-refractivity contribution in [1.82, 2.24) is 10.6 Å². The second-order valence-electron chi connectivity index (χ2n) is 4.26. The van der Waals surface area contributed by atoms with Gasteiger partial charge in [0.2, 0.25) is 5.91 Å². The second-order valence-corrected chi connectivity index (χ2v) is 4.67. The fourth-order valence-electron chi connectivity index (χ4n) is 1.69. The summed E-state index contributed by atoms with van der Waals surface area (Å²) in [5.41, 5.74) is 0.392. The van der Waals surface area contributed by atoms with Gasteiger partial charge in [-0.2, -0.15) is 0 Å². The molecule has 0 unspecified atom stereocenters. The summed E-state index contributed by atoms with van der Waals surface area (Å²) in [5, 5.41) is 16.9. The molecule has 0 radical (unpaired) electrons. The van der Waals surface area contributed by atoms with Crippen LogP contribution < -0.4 is 10.6 Å². The smallest absolute Gasteiger partial charge is 0.275 e. The van der Waals surface area contributed by atoms with E-state index in [9.17, 15) is 14.9 Å². The van der Waals surface area contributed by atoms with Gasteiger partial charge in [0, 0.05) is 39.2 Å². The molecule has 0 heterocycles. The molecule has 1 aromatic carbocycles. The van der Waals surface area contributed by atoms with Crippen LogP contribution in [0.1, 0.15) is 12.0 Å². The number of nitro benzene ring substituents is 1. The summed E-state index contributed by atoms with van der Waals surface area (Å²) in [4.78, 5) is 21.9. The molecule has 0 bridgehead atoms. The molecule has 116 valence electrons. The normalized spacial score (nSPS) is 10.4. The maximum Gasteiger partial charge on any atom is 0.275 e. The van der Waals surface area contributed by atoms with Crippen LogP contribution in [0.4, 0.5) is 5.69 Å². The molecule has 2 N–H and O–H groups in total. The van der Waals surface area contributed by atoms with E-state index in [1.165, 1.54) is 12.1 Å². The maximum absolute atomic E-state index is 11.4. The molecule has 0 atom stereocenters. The summed E-state index contributed by atoms with van der Waals surface area (Å²) in [5.74, 6) is -0.104. The Kier molecular flexibility index (Phi) is 7.66. The lowest BCUT2D eigenvalue weighted by molar-refractivity contribution is -0.385. The van der Waals surface area contributed by atoms with E-state index in [-0.39, 0.29) is 24.6 Å². The zero-order chi connectivity index (χ0) is 15.7. The molecule has 0 fully saturated rings. The quantitative estimate of drug-likeness (QED) is 0.409. The fourth-order valence-corrected chi connectivity index (χ4v) is 1.93. The van der Waals surface area contributed by atoms with Crippen LogP contribution in [-0.4, -0.2) is 37.6 Å². The molecule has 1 rings (SSSR count). The lowest BCUT2D eigenvalue weighted by atomic mass is 10.2. The van der Waals surface area contributed by atoms with Crippen molar-refractivity contribution in [3.05, 3.63) is 38.9 Å². The third kappa shape index (κ3) is 6.07. The predicted octanol–water partition coefficient (Wildman–Crippen LogP) is 1.49. The third-order valence-corrected chi connectivity index (χ3v) is 3.10. The van der Waals surface area contributed by atoms with Crippen LogP contribution in [0.2, 0.25) is 5.02 Å². The van der Waals surface area contributed by atoms with Crippen LogP contribution in [0.25, 0.3) is 0 Å². The van der Waals surface area contributed by atoms with Crippen molar-refractivity contribution in [2.45, 2.75) is 13.0 Å². The number of carbonyl (C=O) groups is 1. The number of nitrogens with zero attached hydrogens (tertiary/aromatic N) is 1. The molecular formula is C13H18ClN3O4. The van der Waals surface area contributed by atoms with Crippen molar-refractivity contribution in [3.8, 4) is 0 Å². The van der Waals surface area contributed by atoms with Crippen molar-refractivity contribution in [3.63, 3.8) is 0 Å². The standard InChI is InChI=1S/C13H18ClN3O4/c1-21-8-7-16-13(18)5-6-15-9-10-11(14)3-2-4-12(10)17(19)20/h2-4,15H,5-9H2,1H3,(H,16,18). The van der Waals surface area contributed by atoms with Crippen molar-refractivity contribution in [2.75, 3.05) is 26.8 Å². The Labute approximate surface area is 127 Å². The molecule has 0 spiro atoms. The fraction of sp³-hybridized carbons (Fsp3) is 0.462. The van der Waals surface area contributed by atoms with Crippen molar-refractivity contribution in [2.24, 2.45) is 0 Å². The largest absolute Gasteiger partial charge is 0.383 e. The first kappa shape index (κ1) is 17.4. The van der Waals surface area contributed by atoms with Crippen LogP contribution in [0, 0.1) is 10.1 Å². The Bertz CT molecular complexity index is 496. The molecule has 21 heavy (non-hydrogen) atoms. The Morgan fingerprint density at radius 2 is 2.19 bits per heavy atom. The summed E-state index contributed by atoms with van der Waals surface area (Å²) in [7, 11) is 1.56. The first-order chi connectivity index (χ1) is 10.1. The van der Waals surface area contributed by atoms with Crippen molar-refractivity contribution >= 4 is 23.2 Å². The number of rotatable bonds is 9. The lowest BCUT2D eigenvalue weighted by Gasteiger charge is -2.08. The zero-order valence-electron chi connectivity index (χ0n) is 11.7. The first-order valence-electron chi connectivity index (χ1n) is 6.44. The first-order valence-corrected chi connectivity index (χ1v) is 6.82. The van der Waals surface area contributed by atoms with E-state index < -0.39 is 4.92 Å². The molecule has 0 aliphatic carbocycles. The van der Waals surface area contributed by atoms with Crippen LogP contribution in [0.3, 0.4) is 0 Å². The minimum Gasteiger partial charge on any atom is -0.383 e. The molecule has 1 aromatic rings. The number of hydrogen-bond acceptors (Lipinski definition) is 5. The Morgan fingerprint density at radius 1 is 1.43 bits per heavy atom. The highest BCUT2D eigenvalue weighted by molar-refractivity contribution is 6.31. The van der Waals surface area contributed by atoms with Crippen LogP contribution in [0.15, 0.2) is 18.2 Å². The van der Waals surface area contributed by atoms with E-state index in [1.54, 1.807) is 13.2 Å². The lowest BCUT2D eigenvalue weighted by Crippen LogP contribution is -2.30. The number of amides is 1. The average molecular weight is 316 g/mol. The number of hydrogen-bond donors (Lipinski definition) is 2. The Morgan fingerprint density at radius 3 is 2.86 bits per heavy atom. The highest BCUT2D eigenvalue weighted by Crippen LogP contribution is 2.25. The van der Waals surface area contributed by atoms with Crippen LogP contribution >= 0.6 is 11.6 Å². The SMILES string of the molecule is COCCNC(=O)CCNCc1c(Cl)cccc1[N+](=O)[O-]. The summed E-state index contributed by atoms with van der Waals surface area (Å²) >= 11 is 5.96. The highest BCUT2D eigenvalue weighted by Gasteiger charge is 2.15. The van der Waals surface area contributed by atoms with Gasteiger partial charge in [0.15, 0.2) is 0 Å². The number of halogens is 1. The van der Waals surface area contributed by atoms with Crippen molar-refractivity contribution < 1.29 is 14.5 Å². The monoisotopic (exact) mass is 315 g/mol. The summed E-state index contributed by atoms with van der Waals surface area (Å²) in [6.07, 6.45) is 0.280. The van der Waals surface area contributed by atoms with Gasteiger partial charge < -0.3 is 15.4 Å². The molecule has 0 saturated carbocycles. The van der Waals surface area contributed by atoms with Gasteiger partial charge in [-0.3, -0.25) is 14.9 Å². The van der Waals surface area contributed by atoms with Gasteiger partial charge in [-0.05, 0) is 6.07 Å². The van der Waals surface area contributed by atoms with Gasteiger partial charge in [-0.25, -0.2) is 0 Å². The van der Waals surface area contributed by atoms with Crippen LogP contribution in [-0.2, 0) is 16.1 Å².